The first kappa shape index (κ1) is 25.8. The third-order valence-electron chi connectivity index (χ3n) is 4.25. The van der Waals surface area contributed by atoms with Crippen LogP contribution in [0.15, 0.2) is 24.3 Å². The Morgan fingerprint density at radius 3 is 2.48 bits per heavy atom. The number of benzene rings is 1. The lowest BCUT2D eigenvalue weighted by Gasteiger charge is -2.29. The second-order valence-corrected chi connectivity index (χ2v) is 8.20. The molecule has 0 aliphatic heterocycles. The summed E-state index contributed by atoms with van der Waals surface area (Å²) in [5.74, 6) is -1.20. The number of phenols is 1. The van der Waals surface area contributed by atoms with E-state index in [1.54, 1.807) is 32.9 Å². The first-order valence-corrected chi connectivity index (χ1v) is 10.4. The van der Waals surface area contributed by atoms with Crippen molar-refractivity contribution in [2.45, 2.75) is 71.6 Å². The smallest absolute Gasteiger partial charge is 0.408 e. The Hall–Kier alpha value is -3.21. The Kier molecular flexibility index (Phi) is 9.87. The van der Waals surface area contributed by atoms with Gasteiger partial charge in [-0.05, 0) is 51.8 Å². The molecule has 0 bridgehead atoms. The maximum absolute atomic E-state index is 13.0. The normalized spacial score (nSPS) is 12.8. The molecule has 8 nitrogen and oxygen atoms in total. The van der Waals surface area contributed by atoms with Gasteiger partial charge in [0.25, 0.3) is 5.91 Å². The quantitative estimate of drug-likeness (QED) is 0.316. The van der Waals surface area contributed by atoms with E-state index >= 15 is 0 Å². The summed E-state index contributed by atoms with van der Waals surface area (Å²) in [7, 11) is 0. The molecule has 0 radical (unpaired) electrons. The van der Waals surface area contributed by atoms with Gasteiger partial charge >= 0.3 is 6.09 Å². The van der Waals surface area contributed by atoms with E-state index in [0.29, 0.717) is 12.1 Å². The molecule has 0 aliphatic carbocycles. The molecule has 3 N–H and O–H groups in total. The Morgan fingerprint density at radius 2 is 1.94 bits per heavy atom. The number of terminal acetylenes is 1. The SMILES string of the molecule is C#CN(C(=O)C(C)NC(=O)OC(C)(C)C)C(C(=O)NCCCCC)c1cccc(O)c1. The van der Waals surface area contributed by atoms with Crippen molar-refractivity contribution in [1.29, 1.82) is 0 Å². The molecule has 0 aliphatic rings. The summed E-state index contributed by atoms with van der Waals surface area (Å²) in [5, 5.41) is 15.1. The average Bonchev–Trinajstić information content (AvgIpc) is 2.67. The molecule has 1 aromatic rings. The van der Waals surface area contributed by atoms with Crippen LogP contribution < -0.4 is 10.6 Å². The van der Waals surface area contributed by atoms with Crippen LogP contribution in [-0.4, -0.2) is 46.1 Å². The third kappa shape index (κ3) is 8.59. The molecular weight excluding hydrogens is 398 g/mol. The Labute approximate surface area is 184 Å². The van der Waals surface area contributed by atoms with Gasteiger partial charge in [0.05, 0.1) is 0 Å². The number of phenolic OH excluding ortho intramolecular Hbond substituents is 1. The van der Waals surface area contributed by atoms with Crippen molar-refractivity contribution in [1.82, 2.24) is 15.5 Å². The fourth-order valence-corrected chi connectivity index (χ4v) is 2.82. The van der Waals surface area contributed by atoms with Crippen LogP contribution >= 0.6 is 0 Å². The number of nitrogens with one attached hydrogen (secondary N) is 2. The van der Waals surface area contributed by atoms with Crippen LogP contribution in [0.25, 0.3) is 0 Å². The summed E-state index contributed by atoms with van der Waals surface area (Å²) in [6.45, 7) is 9.04. The molecule has 1 aromatic carbocycles. The van der Waals surface area contributed by atoms with E-state index in [1.807, 2.05) is 0 Å². The molecular formula is C23H33N3O5. The Balaban J connectivity index is 3.10. The van der Waals surface area contributed by atoms with E-state index in [4.69, 9.17) is 11.2 Å². The molecule has 2 atom stereocenters. The number of ether oxygens (including phenoxy) is 1. The Morgan fingerprint density at radius 1 is 1.26 bits per heavy atom. The highest BCUT2D eigenvalue weighted by Gasteiger charge is 2.34. The summed E-state index contributed by atoms with van der Waals surface area (Å²) in [4.78, 5) is 38.9. The predicted octanol–water partition coefficient (Wildman–Crippen LogP) is 3.07. The summed E-state index contributed by atoms with van der Waals surface area (Å²) < 4.78 is 5.17. The molecule has 8 heteroatoms. The van der Waals surface area contributed by atoms with E-state index in [1.165, 1.54) is 19.1 Å². The van der Waals surface area contributed by atoms with E-state index in [0.717, 1.165) is 24.2 Å². The molecule has 31 heavy (non-hydrogen) atoms. The van der Waals surface area contributed by atoms with Gasteiger partial charge in [-0.2, -0.15) is 0 Å². The molecule has 2 unspecified atom stereocenters. The largest absolute Gasteiger partial charge is 0.508 e. The number of rotatable bonds is 9. The van der Waals surface area contributed by atoms with Crippen molar-refractivity contribution >= 4 is 17.9 Å². The van der Waals surface area contributed by atoms with Gasteiger partial charge in [0.1, 0.15) is 23.4 Å². The highest BCUT2D eigenvalue weighted by Crippen LogP contribution is 2.25. The van der Waals surface area contributed by atoms with Gasteiger partial charge in [-0.25, -0.2) is 4.79 Å². The van der Waals surface area contributed by atoms with Crippen molar-refractivity contribution in [2.24, 2.45) is 0 Å². The van der Waals surface area contributed by atoms with Crippen LogP contribution in [0.5, 0.6) is 5.75 Å². The number of unbranched alkanes of at least 4 members (excludes halogenated alkanes) is 2. The monoisotopic (exact) mass is 431 g/mol. The summed E-state index contributed by atoms with van der Waals surface area (Å²) >= 11 is 0. The highest BCUT2D eigenvalue weighted by molar-refractivity contribution is 5.93. The number of hydrogen-bond acceptors (Lipinski definition) is 5. The number of carbonyl (C=O) groups excluding carboxylic acids is 3. The van der Waals surface area contributed by atoms with Gasteiger partial charge in [0.15, 0.2) is 0 Å². The topological polar surface area (TPSA) is 108 Å². The molecule has 1 rings (SSSR count). The predicted molar refractivity (Wildman–Crippen MR) is 118 cm³/mol. The van der Waals surface area contributed by atoms with Crippen molar-refractivity contribution < 1.29 is 24.2 Å². The number of alkyl carbamates (subject to hydrolysis) is 1. The number of carbonyl (C=O) groups is 3. The van der Waals surface area contributed by atoms with Crippen molar-refractivity contribution in [3.8, 4) is 18.2 Å². The van der Waals surface area contributed by atoms with Gasteiger partial charge < -0.3 is 20.5 Å². The maximum atomic E-state index is 13.0. The van der Waals surface area contributed by atoms with Crippen LogP contribution in [0.3, 0.4) is 0 Å². The van der Waals surface area contributed by atoms with Crippen molar-refractivity contribution in [3.63, 3.8) is 0 Å². The molecule has 0 fully saturated rings. The summed E-state index contributed by atoms with van der Waals surface area (Å²) in [6.07, 6.45) is 7.56. The second kappa shape index (κ2) is 11.8. The first-order valence-electron chi connectivity index (χ1n) is 10.4. The standard InChI is InChI=1S/C23H33N3O5/c1-7-9-10-14-24-20(28)19(17-12-11-13-18(27)15-17)26(8-2)21(29)16(3)25-22(30)31-23(4,5)6/h2,11-13,15-16,19,27H,7,9-10,14H2,1,3-6H3,(H,24,28)(H,25,30). The molecule has 3 amide bonds. The Bertz CT molecular complexity index is 810. The van der Waals surface area contributed by atoms with Crippen LogP contribution in [-0.2, 0) is 14.3 Å². The van der Waals surface area contributed by atoms with E-state index in [-0.39, 0.29) is 5.75 Å². The molecule has 0 saturated carbocycles. The number of nitrogens with zero attached hydrogens (tertiary/aromatic N) is 1. The van der Waals surface area contributed by atoms with Gasteiger partial charge in [-0.3, -0.25) is 14.5 Å². The molecule has 0 spiro atoms. The molecule has 0 saturated heterocycles. The van der Waals surface area contributed by atoms with Crippen LogP contribution in [0, 0.1) is 12.5 Å². The zero-order chi connectivity index (χ0) is 23.6. The van der Waals surface area contributed by atoms with Gasteiger partial charge in [-0.15, -0.1) is 0 Å². The van der Waals surface area contributed by atoms with Crippen LogP contribution in [0.4, 0.5) is 4.79 Å². The lowest BCUT2D eigenvalue weighted by Crippen LogP contribution is -2.50. The first-order chi connectivity index (χ1) is 14.5. The maximum Gasteiger partial charge on any atom is 0.408 e. The fraction of sp³-hybridized carbons (Fsp3) is 0.522. The second-order valence-electron chi connectivity index (χ2n) is 8.20. The minimum atomic E-state index is -1.17. The van der Waals surface area contributed by atoms with Gasteiger partial charge in [0.2, 0.25) is 5.91 Å². The highest BCUT2D eigenvalue weighted by atomic mass is 16.6. The number of amides is 3. The van der Waals surface area contributed by atoms with Gasteiger partial charge in [0, 0.05) is 12.6 Å². The summed E-state index contributed by atoms with van der Waals surface area (Å²) in [6, 6.07) is 6.02. The average molecular weight is 432 g/mol. The zero-order valence-corrected chi connectivity index (χ0v) is 18.9. The lowest BCUT2D eigenvalue weighted by atomic mass is 10.0. The van der Waals surface area contributed by atoms with E-state index in [2.05, 4.69) is 23.6 Å². The molecule has 170 valence electrons. The lowest BCUT2D eigenvalue weighted by molar-refractivity contribution is -0.138. The van der Waals surface area contributed by atoms with Crippen LogP contribution in [0.1, 0.15) is 65.5 Å². The van der Waals surface area contributed by atoms with Gasteiger partial charge in [-0.1, -0.05) is 38.3 Å². The molecule has 0 aromatic heterocycles. The minimum Gasteiger partial charge on any atom is -0.508 e. The van der Waals surface area contributed by atoms with E-state index < -0.39 is 35.6 Å². The number of hydrogen-bond donors (Lipinski definition) is 3. The summed E-state index contributed by atoms with van der Waals surface area (Å²) in [5.41, 5.74) is -0.384. The minimum absolute atomic E-state index is 0.0642. The van der Waals surface area contributed by atoms with Crippen LogP contribution in [0.2, 0.25) is 0 Å². The van der Waals surface area contributed by atoms with Crippen molar-refractivity contribution in [3.05, 3.63) is 29.8 Å². The number of aromatic hydroxyl groups is 1. The third-order valence-corrected chi connectivity index (χ3v) is 4.25. The van der Waals surface area contributed by atoms with E-state index in [9.17, 15) is 19.5 Å². The van der Waals surface area contributed by atoms with Crippen molar-refractivity contribution in [2.75, 3.05) is 6.54 Å². The fourth-order valence-electron chi connectivity index (χ4n) is 2.82. The molecule has 0 heterocycles. The zero-order valence-electron chi connectivity index (χ0n) is 18.9.